The van der Waals surface area contributed by atoms with Gasteiger partial charge in [0.25, 0.3) is 10.0 Å². The maximum atomic E-state index is 14.6. The van der Waals surface area contributed by atoms with Crippen molar-refractivity contribution in [2.75, 3.05) is 18.0 Å². The minimum atomic E-state index is -4.20. The SMILES string of the molecule is CCC(C)NC(=O)C(C)N(Cc1ccccc1F)C(=O)CN(c1ccccc1)S(=O)(=O)c1ccc(OC)cc1. The number of nitrogens with zero attached hydrogens (tertiary/aromatic N) is 2. The Balaban J connectivity index is 2.01. The number of nitrogens with one attached hydrogen (secondary N) is 1. The number of halogens is 1. The Morgan fingerprint density at radius 1 is 0.949 bits per heavy atom. The molecule has 2 unspecified atom stereocenters. The number of rotatable bonds is 12. The number of carbonyl (C=O) groups is 2. The number of benzene rings is 3. The standard InChI is InChI=1S/C29H34FN3O5S/c1-5-21(2)31-29(35)22(3)32(19-23-11-9-10-14-27(23)30)28(34)20-33(24-12-7-6-8-13-24)39(36,37)26-17-15-25(38-4)16-18-26/h6-18,21-22H,5,19-20H2,1-4H3,(H,31,35). The van der Waals surface area contributed by atoms with Crippen LogP contribution in [-0.2, 0) is 26.2 Å². The second-order valence-electron chi connectivity index (χ2n) is 9.13. The lowest BCUT2D eigenvalue weighted by Crippen LogP contribution is -2.52. The maximum Gasteiger partial charge on any atom is 0.264 e. The number of anilines is 1. The van der Waals surface area contributed by atoms with E-state index < -0.39 is 40.2 Å². The molecule has 1 N–H and O–H groups in total. The molecule has 3 rings (SSSR count). The normalized spacial score (nSPS) is 12.7. The van der Waals surface area contributed by atoms with Gasteiger partial charge in [-0.15, -0.1) is 0 Å². The molecule has 0 aliphatic rings. The summed E-state index contributed by atoms with van der Waals surface area (Å²) in [6.07, 6.45) is 0.682. The molecule has 8 nitrogen and oxygen atoms in total. The summed E-state index contributed by atoms with van der Waals surface area (Å²) in [7, 11) is -2.73. The monoisotopic (exact) mass is 555 g/mol. The molecular weight excluding hydrogens is 521 g/mol. The summed E-state index contributed by atoms with van der Waals surface area (Å²) in [6, 6.07) is 18.9. The fourth-order valence-corrected chi connectivity index (χ4v) is 5.27. The molecule has 0 fully saturated rings. The highest BCUT2D eigenvalue weighted by Gasteiger charge is 2.33. The topological polar surface area (TPSA) is 96.0 Å². The molecule has 0 saturated heterocycles. The van der Waals surface area contributed by atoms with Crippen LogP contribution in [0.3, 0.4) is 0 Å². The third-order valence-corrected chi connectivity index (χ3v) is 8.23. The van der Waals surface area contributed by atoms with E-state index in [1.165, 1.54) is 54.5 Å². The highest BCUT2D eigenvalue weighted by molar-refractivity contribution is 7.92. The summed E-state index contributed by atoms with van der Waals surface area (Å²) < 4.78 is 48.2. The van der Waals surface area contributed by atoms with E-state index in [9.17, 15) is 22.4 Å². The van der Waals surface area contributed by atoms with Gasteiger partial charge in [-0.05, 0) is 62.7 Å². The van der Waals surface area contributed by atoms with Crippen molar-refractivity contribution in [3.8, 4) is 5.75 Å². The molecule has 2 amide bonds. The molecular formula is C29H34FN3O5S. The summed E-state index contributed by atoms with van der Waals surface area (Å²) in [5.41, 5.74) is 0.475. The zero-order valence-electron chi connectivity index (χ0n) is 22.5. The zero-order valence-corrected chi connectivity index (χ0v) is 23.3. The van der Waals surface area contributed by atoms with Crippen LogP contribution in [0.1, 0.15) is 32.8 Å². The number of para-hydroxylation sites is 1. The quantitative estimate of drug-likeness (QED) is 0.358. The van der Waals surface area contributed by atoms with Gasteiger partial charge in [0.05, 0.1) is 17.7 Å². The minimum absolute atomic E-state index is 0.0387. The van der Waals surface area contributed by atoms with E-state index in [4.69, 9.17) is 4.74 Å². The molecule has 2 atom stereocenters. The molecule has 39 heavy (non-hydrogen) atoms. The molecule has 0 heterocycles. The number of amides is 2. The second-order valence-corrected chi connectivity index (χ2v) is 11.0. The van der Waals surface area contributed by atoms with Crippen molar-refractivity contribution in [3.05, 3.63) is 90.2 Å². The van der Waals surface area contributed by atoms with Crippen LogP contribution in [0, 0.1) is 5.82 Å². The number of carbonyl (C=O) groups excluding carboxylic acids is 2. The van der Waals surface area contributed by atoms with Crippen molar-refractivity contribution in [3.63, 3.8) is 0 Å². The van der Waals surface area contributed by atoms with E-state index >= 15 is 0 Å². The van der Waals surface area contributed by atoms with Crippen molar-refractivity contribution < 1.29 is 27.1 Å². The van der Waals surface area contributed by atoms with Crippen LogP contribution < -0.4 is 14.4 Å². The van der Waals surface area contributed by atoms with Gasteiger partial charge in [-0.1, -0.05) is 43.3 Å². The summed E-state index contributed by atoms with van der Waals surface area (Å²) in [5, 5.41) is 2.85. The largest absolute Gasteiger partial charge is 0.497 e. The van der Waals surface area contributed by atoms with Gasteiger partial charge < -0.3 is 15.0 Å². The lowest BCUT2D eigenvalue weighted by Gasteiger charge is -2.32. The van der Waals surface area contributed by atoms with Crippen LogP contribution in [0.5, 0.6) is 5.75 Å². The number of sulfonamides is 1. The van der Waals surface area contributed by atoms with E-state index in [2.05, 4.69) is 5.32 Å². The van der Waals surface area contributed by atoms with E-state index in [0.717, 1.165) is 4.31 Å². The molecule has 3 aromatic carbocycles. The molecule has 0 aliphatic carbocycles. The smallest absolute Gasteiger partial charge is 0.264 e. The highest BCUT2D eigenvalue weighted by atomic mass is 32.2. The summed E-state index contributed by atoms with van der Waals surface area (Å²) in [6.45, 7) is 4.48. The molecule has 10 heteroatoms. The Kier molecular flexibility index (Phi) is 10.1. The van der Waals surface area contributed by atoms with Gasteiger partial charge in [-0.2, -0.15) is 0 Å². The van der Waals surface area contributed by atoms with Gasteiger partial charge >= 0.3 is 0 Å². The predicted octanol–water partition coefficient (Wildman–Crippen LogP) is 4.36. The van der Waals surface area contributed by atoms with Crippen LogP contribution in [-0.4, -0.2) is 50.9 Å². The van der Waals surface area contributed by atoms with E-state index in [-0.39, 0.29) is 28.7 Å². The second kappa shape index (κ2) is 13.2. The van der Waals surface area contributed by atoms with Gasteiger partial charge in [0.1, 0.15) is 24.2 Å². The van der Waals surface area contributed by atoms with Crippen molar-refractivity contribution in [2.24, 2.45) is 0 Å². The molecule has 208 valence electrons. The molecule has 0 aliphatic heterocycles. The van der Waals surface area contributed by atoms with Gasteiger partial charge in [-0.25, -0.2) is 12.8 Å². The van der Waals surface area contributed by atoms with Crippen LogP contribution in [0.2, 0.25) is 0 Å². The van der Waals surface area contributed by atoms with Gasteiger partial charge in [0.2, 0.25) is 11.8 Å². The first-order valence-corrected chi connectivity index (χ1v) is 14.1. The third kappa shape index (κ3) is 7.35. The fraction of sp³-hybridized carbons (Fsp3) is 0.310. The molecule has 0 spiro atoms. The zero-order chi connectivity index (χ0) is 28.6. The Bertz CT molecular complexity index is 1370. The Hall–Kier alpha value is -3.92. The Morgan fingerprint density at radius 3 is 2.15 bits per heavy atom. The van der Waals surface area contributed by atoms with Crippen molar-refractivity contribution in [1.82, 2.24) is 10.2 Å². The lowest BCUT2D eigenvalue weighted by molar-refractivity contribution is -0.139. The van der Waals surface area contributed by atoms with Crippen molar-refractivity contribution in [2.45, 2.75) is 50.7 Å². The number of ether oxygens (including phenoxy) is 1. The number of hydrogen-bond acceptors (Lipinski definition) is 5. The average molecular weight is 556 g/mol. The van der Waals surface area contributed by atoms with Crippen molar-refractivity contribution in [1.29, 1.82) is 0 Å². The lowest BCUT2D eigenvalue weighted by atomic mass is 10.1. The van der Waals surface area contributed by atoms with Crippen LogP contribution in [0.25, 0.3) is 0 Å². The summed E-state index contributed by atoms with van der Waals surface area (Å²) >= 11 is 0. The van der Waals surface area contributed by atoms with Gasteiger partial charge in [-0.3, -0.25) is 13.9 Å². The molecule has 0 saturated carbocycles. The highest BCUT2D eigenvalue weighted by Crippen LogP contribution is 2.26. The molecule has 3 aromatic rings. The number of hydrogen-bond donors (Lipinski definition) is 1. The average Bonchev–Trinajstić information content (AvgIpc) is 2.95. The van der Waals surface area contributed by atoms with Crippen LogP contribution in [0.15, 0.2) is 83.8 Å². The fourth-order valence-electron chi connectivity index (χ4n) is 3.86. The minimum Gasteiger partial charge on any atom is -0.497 e. The first kappa shape index (κ1) is 29.6. The number of methoxy groups -OCH3 is 1. The van der Waals surface area contributed by atoms with Crippen LogP contribution in [0.4, 0.5) is 10.1 Å². The van der Waals surface area contributed by atoms with Crippen molar-refractivity contribution >= 4 is 27.5 Å². The van der Waals surface area contributed by atoms with E-state index in [1.54, 1.807) is 43.3 Å². The van der Waals surface area contributed by atoms with Gasteiger partial charge in [0.15, 0.2) is 0 Å². The van der Waals surface area contributed by atoms with E-state index in [1.807, 2.05) is 13.8 Å². The Labute approximate surface area is 229 Å². The predicted molar refractivity (Wildman–Crippen MR) is 148 cm³/mol. The molecule has 0 aromatic heterocycles. The summed E-state index contributed by atoms with van der Waals surface area (Å²) in [4.78, 5) is 28.0. The Morgan fingerprint density at radius 2 is 1.56 bits per heavy atom. The first-order chi connectivity index (χ1) is 18.6. The van der Waals surface area contributed by atoms with Crippen LogP contribution >= 0.6 is 0 Å². The third-order valence-electron chi connectivity index (χ3n) is 6.44. The molecule has 0 radical (unpaired) electrons. The first-order valence-electron chi connectivity index (χ1n) is 12.6. The molecule has 0 bridgehead atoms. The van der Waals surface area contributed by atoms with Gasteiger partial charge in [0, 0.05) is 18.2 Å². The maximum absolute atomic E-state index is 14.6. The van der Waals surface area contributed by atoms with E-state index in [0.29, 0.717) is 12.2 Å². The summed E-state index contributed by atoms with van der Waals surface area (Å²) in [5.74, 6) is -1.13.